The van der Waals surface area contributed by atoms with Crippen molar-refractivity contribution in [1.29, 1.82) is 0 Å². The van der Waals surface area contributed by atoms with E-state index in [1.807, 2.05) is 0 Å². The standard InChI is InChI=1S/C25H17F4NO5/c1-14-6-8-15(9-7-14)34-23-22(32)17-11-10-16(12-20(17)35-24(23)25(27,28)29)33-13-21(31)30-19-5-3-2-4-18(19)26/h2-12H,13H2,1H3,(H,30,31). The fourth-order valence-electron chi connectivity index (χ4n) is 3.15. The van der Waals surface area contributed by atoms with Gasteiger partial charge in [-0.25, -0.2) is 4.39 Å². The van der Waals surface area contributed by atoms with Crippen LogP contribution >= 0.6 is 0 Å². The van der Waals surface area contributed by atoms with Gasteiger partial charge in [-0.05, 0) is 43.3 Å². The number of hydrogen-bond acceptors (Lipinski definition) is 5. The summed E-state index contributed by atoms with van der Waals surface area (Å²) in [4.78, 5) is 24.9. The summed E-state index contributed by atoms with van der Waals surface area (Å²) in [6.45, 7) is 1.23. The minimum atomic E-state index is -5.02. The van der Waals surface area contributed by atoms with Crippen molar-refractivity contribution in [2.24, 2.45) is 0 Å². The van der Waals surface area contributed by atoms with Crippen LogP contribution in [0, 0.1) is 12.7 Å². The fourth-order valence-corrected chi connectivity index (χ4v) is 3.15. The number of nitrogens with one attached hydrogen (secondary N) is 1. The maximum absolute atomic E-state index is 13.7. The molecule has 0 aliphatic heterocycles. The van der Waals surface area contributed by atoms with Crippen molar-refractivity contribution >= 4 is 22.6 Å². The molecular formula is C25H17F4NO5. The predicted molar refractivity (Wildman–Crippen MR) is 119 cm³/mol. The Morgan fingerprint density at radius 3 is 2.37 bits per heavy atom. The molecule has 6 nitrogen and oxygen atoms in total. The van der Waals surface area contributed by atoms with Gasteiger partial charge in [-0.2, -0.15) is 13.2 Å². The second kappa shape index (κ2) is 9.49. The Bertz CT molecular complexity index is 1450. The molecular weight excluding hydrogens is 470 g/mol. The molecule has 0 fully saturated rings. The lowest BCUT2D eigenvalue weighted by Crippen LogP contribution is -2.20. The van der Waals surface area contributed by atoms with Crippen LogP contribution in [0.2, 0.25) is 0 Å². The number of aryl methyl sites for hydroxylation is 1. The third-order valence-electron chi connectivity index (χ3n) is 4.84. The SMILES string of the molecule is Cc1ccc(Oc2c(C(F)(F)F)oc3cc(OCC(=O)Nc4ccccc4F)ccc3c2=O)cc1. The van der Waals surface area contributed by atoms with Gasteiger partial charge in [0.15, 0.2) is 6.61 Å². The van der Waals surface area contributed by atoms with Gasteiger partial charge >= 0.3 is 6.18 Å². The Kier molecular flexibility index (Phi) is 6.46. The average molecular weight is 487 g/mol. The van der Waals surface area contributed by atoms with Gasteiger partial charge in [0.1, 0.15) is 22.9 Å². The Morgan fingerprint density at radius 1 is 1.00 bits per heavy atom. The molecule has 0 atom stereocenters. The molecule has 0 unspecified atom stereocenters. The van der Waals surface area contributed by atoms with Crippen LogP contribution in [0.15, 0.2) is 75.9 Å². The van der Waals surface area contributed by atoms with Gasteiger partial charge < -0.3 is 19.2 Å². The van der Waals surface area contributed by atoms with E-state index in [2.05, 4.69) is 5.32 Å². The molecule has 0 saturated heterocycles. The van der Waals surface area contributed by atoms with Gasteiger partial charge in [0, 0.05) is 6.07 Å². The minimum Gasteiger partial charge on any atom is -0.484 e. The normalized spacial score (nSPS) is 11.3. The molecule has 0 radical (unpaired) electrons. The van der Waals surface area contributed by atoms with Crippen molar-refractivity contribution in [1.82, 2.24) is 0 Å². The number of hydrogen-bond donors (Lipinski definition) is 1. The first-order valence-corrected chi connectivity index (χ1v) is 10.2. The number of amides is 1. The smallest absolute Gasteiger partial charge is 0.453 e. The molecule has 0 saturated carbocycles. The van der Waals surface area contributed by atoms with Gasteiger partial charge in [0.05, 0.1) is 11.1 Å². The van der Waals surface area contributed by atoms with E-state index in [1.165, 1.54) is 42.5 Å². The van der Waals surface area contributed by atoms with Crippen molar-refractivity contribution in [2.75, 3.05) is 11.9 Å². The largest absolute Gasteiger partial charge is 0.484 e. The van der Waals surface area contributed by atoms with Crippen molar-refractivity contribution in [3.05, 3.63) is 94.1 Å². The maximum atomic E-state index is 13.7. The second-order valence-electron chi connectivity index (χ2n) is 7.48. The van der Waals surface area contributed by atoms with Gasteiger partial charge in [0.2, 0.25) is 11.2 Å². The summed E-state index contributed by atoms with van der Waals surface area (Å²) in [5.74, 6) is -3.94. The van der Waals surface area contributed by atoms with Crippen molar-refractivity contribution in [3.8, 4) is 17.2 Å². The number of carbonyl (C=O) groups excluding carboxylic acids is 1. The van der Waals surface area contributed by atoms with E-state index >= 15 is 0 Å². The first-order valence-electron chi connectivity index (χ1n) is 10.2. The van der Waals surface area contributed by atoms with Crippen molar-refractivity contribution < 1.29 is 36.2 Å². The number of alkyl halides is 3. The Morgan fingerprint density at radius 2 is 1.69 bits per heavy atom. The minimum absolute atomic E-state index is 0.0357. The van der Waals surface area contributed by atoms with E-state index < -0.39 is 47.0 Å². The summed E-state index contributed by atoms with van der Waals surface area (Å²) in [5, 5.41) is 2.13. The van der Waals surface area contributed by atoms with Crippen molar-refractivity contribution in [2.45, 2.75) is 13.1 Å². The summed E-state index contributed by atoms with van der Waals surface area (Å²) in [6, 6.07) is 15.2. The average Bonchev–Trinajstić information content (AvgIpc) is 2.81. The van der Waals surface area contributed by atoms with E-state index in [0.717, 1.165) is 17.7 Å². The van der Waals surface area contributed by atoms with Crippen LogP contribution in [-0.4, -0.2) is 12.5 Å². The molecule has 1 N–H and O–H groups in total. The number of halogens is 4. The summed E-state index contributed by atoms with van der Waals surface area (Å²) in [6.07, 6.45) is -5.02. The van der Waals surface area contributed by atoms with Crippen LogP contribution < -0.4 is 20.2 Å². The molecule has 1 amide bonds. The summed E-state index contributed by atoms with van der Waals surface area (Å²) in [5.41, 5.74) is -0.635. The van der Waals surface area contributed by atoms with Crippen LogP contribution in [0.5, 0.6) is 17.2 Å². The van der Waals surface area contributed by atoms with Crippen LogP contribution in [0.25, 0.3) is 11.0 Å². The van der Waals surface area contributed by atoms with E-state index in [4.69, 9.17) is 13.9 Å². The van der Waals surface area contributed by atoms with Crippen LogP contribution in [0.4, 0.5) is 23.2 Å². The zero-order valence-electron chi connectivity index (χ0n) is 18.1. The molecule has 4 rings (SSSR count). The van der Waals surface area contributed by atoms with Gasteiger partial charge in [0.25, 0.3) is 11.7 Å². The molecule has 180 valence electrons. The molecule has 10 heteroatoms. The summed E-state index contributed by atoms with van der Waals surface area (Å²) < 4.78 is 70.3. The molecule has 0 aliphatic carbocycles. The first-order chi connectivity index (χ1) is 16.6. The molecule has 3 aromatic carbocycles. The van der Waals surface area contributed by atoms with E-state index in [-0.39, 0.29) is 22.6 Å². The Hall–Kier alpha value is -4.34. The molecule has 4 aromatic rings. The number of fused-ring (bicyclic) bond motifs is 1. The monoisotopic (exact) mass is 487 g/mol. The zero-order valence-corrected chi connectivity index (χ0v) is 18.1. The Balaban J connectivity index is 1.61. The number of carbonyl (C=O) groups is 1. The van der Waals surface area contributed by atoms with Gasteiger partial charge in [-0.3, -0.25) is 9.59 Å². The number of benzene rings is 3. The highest BCUT2D eigenvalue weighted by Crippen LogP contribution is 2.38. The summed E-state index contributed by atoms with van der Waals surface area (Å²) >= 11 is 0. The molecule has 1 heterocycles. The third-order valence-corrected chi connectivity index (χ3v) is 4.84. The van der Waals surface area contributed by atoms with Crippen molar-refractivity contribution in [3.63, 3.8) is 0 Å². The first kappa shape index (κ1) is 23.8. The lowest BCUT2D eigenvalue weighted by Gasteiger charge is -2.14. The number of rotatable bonds is 6. The second-order valence-corrected chi connectivity index (χ2v) is 7.48. The highest BCUT2D eigenvalue weighted by atomic mass is 19.4. The van der Waals surface area contributed by atoms with E-state index in [1.54, 1.807) is 19.1 Å². The lowest BCUT2D eigenvalue weighted by atomic mass is 10.2. The molecule has 35 heavy (non-hydrogen) atoms. The molecule has 0 spiro atoms. The lowest BCUT2D eigenvalue weighted by molar-refractivity contribution is -0.154. The quantitative estimate of drug-likeness (QED) is 0.334. The topological polar surface area (TPSA) is 77.8 Å². The third kappa shape index (κ3) is 5.43. The molecule has 0 bridgehead atoms. The van der Waals surface area contributed by atoms with Gasteiger partial charge in [-0.1, -0.05) is 29.8 Å². The van der Waals surface area contributed by atoms with E-state index in [0.29, 0.717) is 0 Å². The summed E-state index contributed by atoms with van der Waals surface area (Å²) in [7, 11) is 0. The highest BCUT2D eigenvalue weighted by molar-refractivity contribution is 5.92. The number of ether oxygens (including phenoxy) is 2. The highest BCUT2D eigenvalue weighted by Gasteiger charge is 2.40. The Labute approximate surface area is 195 Å². The number of anilines is 1. The number of para-hydroxylation sites is 1. The molecule has 0 aliphatic rings. The predicted octanol–water partition coefficient (Wildman–Crippen LogP) is 6.07. The fraction of sp³-hybridized carbons (Fsp3) is 0.120. The van der Waals surface area contributed by atoms with Crippen LogP contribution in [-0.2, 0) is 11.0 Å². The van der Waals surface area contributed by atoms with Crippen LogP contribution in [0.3, 0.4) is 0 Å². The van der Waals surface area contributed by atoms with E-state index in [9.17, 15) is 27.2 Å². The molecule has 1 aromatic heterocycles. The van der Waals surface area contributed by atoms with Gasteiger partial charge in [-0.15, -0.1) is 0 Å². The zero-order chi connectivity index (χ0) is 25.2. The van der Waals surface area contributed by atoms with Crippen LogP contribution in [0.1, 0.15) is 11.3 Å². The maximum Gasteiger partial charge on any atom is 0.453 e.